The van der Waals surface area contributed by atoms with Crippen LogP contribution in [0.1, 0.15) is 6.42 Å². The zero-order valence-electron chi connectivity index (χ0n) is 11.1. The van der Waals surface area contributed by atoms with E-state index in [1.165, 1.54) is 7.11 Å². The molecule has 1 aromatic rings. The van der Waals surface area contributed by atoms with Gasteiger partial charge >= 0.3 is 6.03 Å². The van der Waals surface area contributed by atoms with Crippen LogP contribution in [0.5, 0.6) is 5.88 Å². The number of amides is 2. The Labute approximate surface area is 117 Å². The largest absolute Gasteiger partial charge is 0.480 e. The van der Waals surface area contributed by atoms with Crippen molar-refractivity contribution in [2.75, 3.05) is 30.5 Å². The summed E-state index contributed by atoms with van der Waals surface area (Å²) >= 11 is 0. The molecule has 20 heavy (non-hydrogen) atoms. The highest BCUT2D eigenvalue weighted by atomic mass is 32.2. The van der Waals surface area contributed by atoms with E-state index in [0.717, 1.165) is 0 Å². The van der Waals surface area contributed by atoms with Crippen molar-refractivity contribution in [2.24, 2.45) is 5.92 Å². The van der Waals surface area contributed by atoms with Crippen LogP contribution >= 0.6 is 0 Å². The van der Waals surface area contributed by atoms with Gasteiger partial charge in [-0.2, -0.15) is 0 Å². The zero-order valence-corrected chi connectivity index (χ0v) is 11.9. The average Bonchev–Trinajstić information content (AvgIpc) is 2.77. The number of nitrogens with zero attached hydrogens (tertiary/aromatic N) is 1. The number of aromatic nitrogens is 1. The molecule has 7 nitrogen and oxygen atoms in total. The quantitative estimate of drug-likeness (QED) is 0.850. The summed E-state index contributed by atoms with van der Waals surface area (Å²) < 4.78 is 27.6. The number of anilines is 1. The fourth-order valence-electron chi connectivity index (χ4n) is 2.09. The van der Waals surface area contributed by atoms with Crippen LogP contribution < -0.4 is 15.4 Å². The van der Waals surface area contributed by atoms with E-state index < -0.39 is 15.9 Å². The highest BCUT2D eigenvalue weighted by molar-refractivity contribution is 7.91. The first-order valence-electron chi connectivity index (χ1n) is 6.24. The Morgan fingerprint density at radius 3 is 3.00 bits per heavy atom. The number of urea groups is 1. The summed E-state index contributed by atoms with van der Waals surface area (Å²) in [7, 11) is -1.45. The maximum absolute atomic E-state index is 11.7. The molecule has 8 heteroatoms. The minimum atomic E-state index is -2.91. The molecule has 0 saturated carbocycles. The number of hydrogen-bond donors (Lipinski definition) is 2. The molecule has 1 saturated heterocycles. The maximum atomic E-state index is 11.7. The smallest absolute Gasteiger partial charge is 0.319 e. The predicted octanol–water partition coefficient (Wildman–Crippen LogP) is 0.646. The monoisotopic (exact) mass is 299 g/mol. The summed E-state index contributed by atoms with van der Waals surface area (Å²) in [6.45, 7) is 0.341. The van der Waals surface area contributed by atoms with E-state index in [4.69, 9.17) is 4.74 Å². The lowest BCUT2D eigenvalue weighted by Crippen LogP contribution is -2.33. The molecular formula is C12H17N3O4S. The number of hydrogen-bond acceptors (Lipinski definition) is 5. The molecular weight excluding hydrogens is 282 g/mol. The van der Waals surface area contributed by atoms with Gasteiger partial charge in [-0.3, -0.25) is 0 Å². The average molecular weight is 299 g/mol. The van der Waals surface area contributed by atoms with Gasteiger partial charge in [0.2, 0.25) is 5.88 Å². The van der Waals surface area contributed by atoms with Crippen molar-refractivity contribution in [1.29, 1.82) is 0 Å². The van der Waals surface area contributed by atoms with Crippen LogP contribution in [0, 0.1) is 5.92 Å². The van der Waals surface area contributed by atoms with Crippen molar-refractivity contribution in [3.05, 3.63) is 18.3 Å². The summed E-state index contributed by atoms with van der Waals surface area (Å²) in [5.74, 6) is 0.661. The molecule has 2 N–H and O–H groups in total. The lowest BCUT2D eigenvalue weighted by atomic mass is 10.1. The van der Waals surface area contributed by atoms with E-state index in [1.807, 2.05) is 0 Å². The lowest BCUT2D eigenvalue weighted by Gasteiger charge is -2.12. The number of carbonyl (C=O) groups excluding carboxylic acids is 1. The Morgan fingerprint density at radius 2 is 2.35 bits per heavy atom. The van der Waals surface area contributed by atoms with Crippen LogP contribution in [0.2, 0.25) is 0 Å². The zero-order chi connectivity index (χ0) is 14.6. The van der Waals surface area contributed by atoms with Gasteiger partial charge in [0.25, 0.3) is 0 Å². The van der Waals surface area contributed by atoms with Crippen LogP contribution in [0.25, 0.3) is 0 Å². The Kier molecular flexibility index (Phi) is 4.43. The van der Waals surface area contributed by atoms with E-state index in [0.29, 0.717) is 24.5 Å². The Bertz CT molecular complexity index is 588. The van der Waals surface area contributed by atoms with Crippen molar-refractivity contribution < 1.29 is 17.9 Å². The number of nitrogens with one attached hydrogen (secondary N) is 2. The molecule has 110 valence electrons. The van der Waals surface area contributed by atoms with Crippen molar-refractivity contribution in [3.63, 3.8) is 0 Å². The van der Waals surface area contributed by atoms with Crippen LogP contribution in [0.3, 0.4) is 0 Å². The molecule has 0 bridgehead atoms. The standard InChI is InChI=1S/C12H17N3O4S/c1-19-11-10(3-2-5-13-11)15-12(16)14-7-9-4-6-20(17,18)8-9/h2-3,5,9H,4,6-8H2,1H3,(H2,14,15,16)/t9-/m1/s1. The van der Waals surface area contributed by atoms with E-state index in [9.17, 15) is 13.2 Å². The first-order chi connectivity index (χ1) is 9.50. The van der Waals surface area contributed by atoms with E-state index >= 15 is 0 Å². The number of carbonyl (C=O) groups is 1. The molecule has 1 aromatic heterocycles. The lowest BCUT2D eigenvalue weighted by molar-refractivity contribution is 0.250. The summed E-state index contributed by atoms with van der Waals surface area (Å²) in [5, 5.41) is 5.28. The molecule has 0 aliphatic carbocycles. The first kappa shape index (κ1) is 14.6. The highest BCUT2D eigenvalue weighted by Crippen LogP contribution is 2.20. The Morgan fingerprint density at radius 1 is 1.55 bits per heavy atom. The second kappa shape index (κ2) is 6.08. The molecule has 0 aromatic carbocycles. The topological polar surface area (TPSA) is 97.4 Å². The number of pyridine rings is 1. The van der Waals surface area contributed by atoms with E-state index in [-0.39, 0.29) is 17.4 Å². The second-order valence-corrected chi connectivity index (χ2v) is 6.89. The first-order valence-corrected chi connectivity index (χ1v) is 8.06. The third kappa shape index (κ3) is 3.83. The number of methoxy groups -OCH3 is 1. The third-order valence-electron chi connectivity index (χ3n) is 3.09. The minimum Gasteiger partial charge on any atom is -0.480 e. The van der Waals surface area contributed by atoms with Gasteiger partial charge in [0.05, 0.1) is 18.6 Å². The van der Waals surface area contributed by atoms with Gasteiger partial charge in [0.1, 0.15) is 5.69 Å². The molecule has 2 rings (SSSR count). The maximum Gasteiger partial charge on any atom is 0.319 e. The SMILES string of the molecule is COc1ncccc1NC(=O)NC[C@H]1CCS(=O)(=O)C1. The summed E-state index contributed by atoms with van der Waals surface area (Å²) in [6.07, 6.45) is 2.16. The fourth-order valence-corrected chi connectivity index (χ4v) is 3.95. The number of ether oxygens (including phenoxy) is 1. The second-order valence-electron chi connectivity index (χ2n) is 4.66. The van der Waals surface area contributed by atoms with Gasteiger partial charge < -0.3 is 15.4 Å². The molecule has 1 aliphatic rings. The predicted molar refractivity (Wildman–Crippen MR) is 74.6 cm³/mol. The van der Waals surface area contributed by atoms with Crippen LogP contribution in [0.4, 0.5) is 10.5 Å². The number of rotatable bonds is 4. The third-order valence-corrected chi connectivity index (χ3v) is 4.93. The van der Waals surface area contributed by atoms with Gasteiger partial charge in [-0.25, -0.2) is 18.2 Å². The van der Waals surface area contributed by atoms with Crippen LogP contribution in [-0.4, -0.2) is 44.6 Å². The molecule has 1 atom stereocenters. The normalized spacial score (nSPS) is 20.4. The van der Waals surface area contributed by atoms with Crippen molar-refractivity contribution in [3.8, 4) is 5.88 Å². The van der Waals surface area contributed by atoms with Crippen molar-refractivity contribution in [2.45, 2.75) is 6.42 Å². The Hall–Kier alpha value is -1.83. The summed E-state index contributed by atoms with van der Waals surface area (Å²) in [6, 6.07) is 2.95. The minimum absolute atomic E-state index is 0.0125. The molecule has 0 unspecified atom stereocenters. The van der Waals surface area contributed by atoms with Gasteiger partial charge in [-0.15, -0.1) is 0 Å². The summed E-state index contributed by atoms with van der Waals surface area (Å²) in [5.41, 5.74) is 0.464. The van der Waals surface area contributed by atoms with Crippen LogP contribution in [-0.2, 0) is 9.84 Å². The summed E-state index contributed by atoms with van der Waals surface area (Å²) in [4.78, 5) is 15.7. The molecule has 0 spiro atoms. The van der Waals surface area contributed by atoms with Gasteiger partial charge in [0.15, 0.2) is 9.84 Å². The van der Waals surface area contributed by atoms with E-state index in [1.54, 1.807) is 18.3 Å². The van der Waals surface area contributed by atoms with E-state index in [2.05, 4.69) is 15.6 Å². The molecule has 0 radical (unpaired) electrons. The molecule has 2 heterocycles. The van der Waals surface area contributed by atoms with Gasteiger partial charge in [-0.1, -0.05) is 0 Å². The molecule has 1 aliphatic heterocycles. The van der Waals surface area contributed by atoms with Gasteiger partial charge in [0, 0.05) is 12.7 Å². The van der Waals surface area contributed by atoms with Crippen molar-refractivity contribution in [1.82, 2.24) is 10.3 Å². The highest BCUT2D eigenvalue weighted by Gasteiger charge is 2.27. The molecule has 2 amide bonds. The fraction of sp³-hybridized carbons (Fsp3) is 0.500. The molecule has 1 fully saturated rings. The Balaban J connectivity index is 1.84. The number of sulfone groups is 1. The van der Waals surface area contributed by atoms with Crippen LogP contribution in [0.15, 0.2) is 18.3 Å². The van der Waals surface area contributed by atoms with Gasteiger partial charge in [-0.05, 0) is 24.5 Å². The van der Waals surface area contributed by atoms with Crippen molar-refractivity contribution >= 4 is 21.6 Å².